The van der Waals surface area contributed by atoms with Crippen molar-refractivity contribution >= 4 is 5.71 Å². The lowest BCUT2D eigenvalue weighted by atomic mass is 9.45. The van der Waals surface area contributed by atoms with Crippen LogP contribution in [0.2, 0.25) is 0 Å². The predicted molar refractivity (Wildman–Crippen MR) is 93.2 cm³/mol. The molecule has 0 aliphatic heterocycles. The van der Waals surface area contributed by atoms with E-state index in [1.165, 1.54) is 63.4 Å². The third kappa shape index (κ3) is 1.86. The van der Waals surface area contributed by atoms with Gasteiger partial charge in [0, 0.05) is 5.71 Å². The first kappa shape index (κ1) is 15.0. The Hall–Kier alpha value is -0.590. The second-order valence-corrected chi connectivity index (χ2v) is 9.34. The number of rotatable bonds is 1. The van der Waals surface area contributed by atoms with Gasteiger partial charge < -0.3 is 5.41 Å². The SMILES string of the molecule is CC(=N)C1=CC[C@H]2[C@@H]3CCC4CCCC[C@]4(C)[C@H]3CC[C@]12C. The number of fused-ring (bicyclic) bond motifs is 5. The lowest BCUT2D eigenvalue weighted by Crippen LogP contribution is -2.52. The van der Waals surface area contributed by atoms with Gasteiger partial charge >= 0.3 is 0 Å². The summed E-state index contributed by atoms with van der Waals surface area (Å²) in [5, 5.41) is 8.19. The number of allylic oxidation sites excluding steroid dienone is 2. The maximum Gasteiger partial charge on any atom is 0.0317 e. The topological polar surface area (TPSA) is 23.9 Å². The molecule has 4 rings (SSSR count). The number of hydrogen-bond acceptors (Lipinski definition) is 1. The molecule has 1 unspecified atom stereocenters. The van der Waals surface area contributed by atoms with Crippen LogP contribution in [0, 0.1) is 39.9 Å². The molecule has 22 heavy (non-hydrogen) atoms. The molecule has 0 saturated heterocycles. The summed E-state index contributed by atoms with van der Waals surface area (Å²) in [4.78, 5) is 0. The van der Waals surface area contributed by atoms with Gasteiger partial charge in [-0.2, -0.15) is 0 Å². The van der Waals surface area contributed by atoms with Crippen LogP contribution < -0.4 is 0 Å². The van der Waals surface area contributed by atoms with Crippen LogP contribution in [0.5, 0.6) is 0 Å². The molecule has 0 aromatic carbocycles. The standard InChI is InChI=1S/C21H33N/c1-14(22)17-9-10-18-16-8-7-15-6-4-5-12-20(15,2)19(16)11-13-21(17,18)3/h9,15-16,18-19,22H,4-8,10-13H2,1-3H3/t15?,16-,18-,19-,20-,21+/m0/s1. The van der Waals surface area contributed by atoms with Crippen molar-refractivity contribution in [1.29, 1.82) is 5.41 Å². The minimum Gasteiger partial charge on any atom is -0.305 e. The van der Waals surface area contributed by atoms with Gasteiger partial charge in [0.2, 0.25) is 0 Å². The van der Waals surface area contributed by atoms with E-state index >= 15 is 0 Å². The summed E-state index contributed by atoms with van der Waals surface area (Å²) >= 11 is 0. The molecule has 3 saturated carbocycles. The molecular weight excluding hydrogens is 266 g/mol. The highest BCUT2D eigenvalue weighted by molar-refractivity contribution is 5.97. The maximum atomic E-state index is 8.19. The van der Waals surface area contributed by atoms with Crippen LogP contribution in [-0.2, 0) is 0 Å². The Labute approximate surface area is 136 Å². The van der Waals surface area contributed by atoms with Crippen molar-refractivity contribution in [2.45, 2.75) is 78.6 Å². The van der Waals surface area contributed by atoms with Crippen LogP contribution in [0.4, 0.5) is 0 Å². The van der Waals surface area contributed by atoms with Gasteiger partial charge in [-0.25, -0.2) is 0 Å². The number of hydrogen-bond donors (Lipinski definition) is 1. The van der Waals surface area contributed by atoms with E-state index in [0.29, 0.717) is 10.8 Å². The summed E-state index contributed by atoms with van der Waals surface area (Å²) in [5.74, 6) is 3.76. The van der Waals surface area contributed by atoms with Gasteiger partial charge in [0.05, 0.1) is 0 Å². The molecule has 1 nitrogen and oxygen atoms in total. The van der Waals surface area contributed by atoms with Crippen LogP contribution in [0.1, 0.15) is 78.6 Å². The van der Waals surface area contributed by atoms with Crippen molar-refractivity contribution in [2.75, 3.05) is 0 Å². The van der Waals surface area contributed by atoms with Gasteiger partial charge in [-0.15, -0.1) is 0 Å². The zero-order valence-corrected chi connectivity index (χ0v) is 14.8. The van der Waals surface area contributed by atoms with E-state index in [0.717, 1.165) is 29.4 Å². The Morgan fingerprint density at radius 2 is 1.86 bits per heavy atom. The zero-order valence-electron chi connectivity index (χ0n) is 14.8. The average Bonchev–Trinajstić information content (AvgIpc) is 2.84. The second-order valence-electron chi connectivity index (χ2n) is 9.34. The molecule has 0 radical (unpaired) electrons. The molecule has 1 heteroatoms. The van der Waals surface area contributed by atoms with Crippen LogP contribution in [-0.4, -0.2) is 5.71 Å². The molecule has 0 aromatic heterocycles. The van der Waals surface area contributed by atoms with E-state index in [2.05, 4.69) is 19.9 Å². The molecule has 3 fully saturated rings. The normalized spacial score (nSPS) is 50.6. The first-order chi connectivity index (χ1) is 10.5. The van der Waals surface area contributed by atoms with E-state index in [4.69, 9.17) is 5.41 Å². The molecule has 0 aromatic rings. The molecule has 0 amide bonds. The Morgan fingerprint density at radius 3 is 2.64 bits per heavy atom. The molecule has 1 N–H and O–H groups in total. The summed E-state index contributed by atoms with van der Waals surface area (Å²) in [6.07, 6.45) is 15.4. The van der Waals surface area contributed by atoms with Crippen LogP contribution >= 0.6 is 0 Å². The van der Waals surface area contributed by atoms with Crippen molar-refractivity contribution in [3.63, 3.8) is 0 Å². The lowest BCUT2D eigenvalue weighted by molar-refractivity contribution is -0.0979. The van der Waals surface area contributed by atoms with Crippen molar-refractivity contribution in [2.24, 2.45) is 34.5 Å². The Kier molecular flexibility index (Phi) is 3.37. The Morgan fingerprint density at radius 1 is 1.05 bits per heavy atom. The minimum atomic E-state index is 0.324. The third-order valence-corrected chi connectivity index (χ3v) is 8.57. The van der Waals surface area contributed by atoms with Crippen LogP contribution in [0.15, 0.2) is 11.6 Å². The van der Waals surface area contributed by atoms with Gasteiger partial charge in [0.1, 0.15) is 0 Å². The first-order valence-electron chi connectivity index (χ1n) is 9.73. The fourth-order valence-electron chi connectivity index (χ4n) is 7.44. The van der Waals surface area contributed by atoms with E-state index < -0.39 is 0 Å². The minimum absolute atomic E-state index is 0.324. The van der Waals surface area contributed by atoms with Gasteiger partial charge in [-0.05, 0) is 91.9 Å². The summed E-state index contributed by atoms with van der Waals surface area (Å²) in [6.45, 7) is 7.15. The average molecular weight is 300 g/mol. The Bertz CT molecular complexity index is 518. The van der Waals surface area contributed by atoms with E-state index in [-0.39, 0.29) is 0 Å². The Balaban J connectivity index is 1.64. The summed E-state index contributed by atoms with van der Waals surface area (Å²) in [6, 6.07) is 0. The quantitative estimate of drug-likeness (QED) is 0.575. The van der Waals surface area contributed by atoms with Crippen molar-refractivity contribution in [3.05, 3.63) is 11.6 Å². The molecule has 0 heterocycles. The van der Waals surface area contributed by atoms with E-state index in [1.54, 1.807) is 0 Å². The third-order valence-electron chi connectivity index (χ3n) is 8.57. The summed E-state index contributed by atoms with van der Waals surface area (Å²) in [5.41, 5.74) is 3.20. The second kappa shape index (κ2) is 4.95. The zero-order chi connectivity index (χ0) is 15.5. The van der Waals surface area contributed by atoms with Crippen LogP contribution in [0.3, 0.4) is 0 Å². The van der Waals surface area contributed by atoms with Gasteiger partial charge in [0.15, 0.2) is 0 Å². The molecular formula is C21H33N. The largest absolute Gasteiger partial charge is 0.305 e. The monoisotopic (exact) mass is 299 g/mol. The molecule has 4 aliphatic carbocycles. The smallest absolute Gasteiger partial charge is 0.0317 e. The maximum absolute atomic E-state index is 8.19. The molecule has 0 spiro atoms. The molecule has 122 valence electrons. The van der Waals surface area contributed by atoms with Gasteiger partial charge in [-0.3, -0.25) is 0 Å². The predicted octanol–water partition coefficient (Wildman–Crippen LogP) is 6.00. The highest BCUT2D eigenvalue weighted by atomic mass is 14.6. The van der Waals surface area contributed by atoms with E-state index in [1.807, 2.05) is 6.92 Å². The highest BCUT2D eigenvalue weighted by Gasteiger charge is 2.57. The first-order valence-corrected chi connectivity index (χ1v) is 9.73. The molecule has 0 bridgehead atoms. The van der Waals surface area contributed by atoms with Crippen LogP contribution in [0.25, 0.3) is 0 Å². The van der Waals surface area contributed by atoms with Gasteiger partial charge in [0.25, 0.3) is 0 Å². The van der Waals surface area contributed by atoms with Crippen molar-refractivity contribution in [1.82, 2.24) is 0 Å². The summed E-state index contributed by atoms with van der Waals surface area (Å²) in [7, 11) is 0. The fourth-order valence-corrected chi connectivity index (χ4v) is 7.44. The molecule has 4 aliphatic rings. The lowest BCUT2D eigenvalue weighted by Gasteiger charge is -2.60. The summed E-state index contributed by atoms with van der Waals surface area (Å²) < 4.78 is 0. The highest BCUT2D eigenvalue weighted by Crippen LogP contribution is 2.66. The van der Waals surface area contributed by atoms with E-state index in [9.17, 15) is 0 Å². The van der Waals surface area contributed by atoms with Crippen molar-refractivity contribution in [3.8, 4) is 0 Å². The fraction of sp³-hybridized carbons (Fsp3) is 0.857. The molecule has 6 atom stereocenters. The van der Waals surface area contributed by atoms with Gasteiger partial charge in [-0.1, -0.05) is 32.8 Å². The van der Waals surface area contributed by atoms with Crippen molar-refractivity contribution < 1.29 is 0 Å². The number of nitrogens with one attached hydrogen (secondary N) is 1.